The molecular formula is C19H21N3O4. The number of fused-ring (bicyclic) bond motifs is 1. The van der Waals surface area contributed by atoms with E-state index < -0.39 is 0 Å². The van der Waals surface area contributed by atoms with Gasteiger partial charge in [0.25, 0.3) is 5.91 Å². The molecule has 0 radical (unpaired) electrons. The third-order valence-electron chi connectivity index (χ3n) is 4.04. The van der Waals surface area contributed by atoms with Gasteiger partial charge >= 0.3 is 0 Å². The van der Waals surface area contributed by atoms with Crippen LogP contribution in [-0.4, -0.2) is 43.7 Å². The third-order valence-corrected chi connectivity index (χ3v) is 4.04. The zero-order valence-corrected chi connectivity index (χ0v) is 15.0. The first kappa shape index (κ1) is 17.6. The van der Waals surface area contributed by atoms with E-state index in [9.17, 15) is 4.79 Å². The van der Waals surface area contributed by atoms with E-state index in [-0.39, 0.29) is 5.91 Å². The van der Waals surface area contributed by atoms with E-state index in [2.05, 4.69) is 15.3 Å². The van der Waals surface area contributed by atoms with Crippen molar-refractivity contribution in [1.82, 2.24) is 15.3 Å². The molecular weight excluding hydrogens is 334 g/mol. The first-order chi connectivity index (χ1) is 12.7. The Hall–Kier alpha value is -3.22. The normalized spacial score (nSPS) is 10.6. The zero-order valence-electron chi connectivity index (χ0n) is 15.0. The Balaban J connectivity index is 1.67. The molecule has 1 amide bonds. The molecule has 1 heterocycles. The lowest BCUT2D eigenvalue weighted by atomic mass is 10.1. The number of aromatic nitrogens is 2. The number of amides is 1. The SMILES string of the molecule is COc1ccc2nc(CCNC(=O)c3c(OC)cccc3OC)[nH]c2c1. The van der Waals surface area contributed by atoms with Crippen LogP contribution in [0.2, 0.25) is 0 Å². The summed E-state index contributed by atoms with van der Waals surface area (Å²) in [6.45, 7) is 0.428. The van der Waals surface area contributed by atoms with Gasteiger partial charge in [0.2, 0.25) is 0 Å². The van der Waals surface area contributed by atoms with E-state index in [1.54, 1.807) is 25.3 Å². The number of imidazole rings is 1. The molecule has 0 bridgehead atoms. The molecule has 0 saturated carbocycles. The lowest BCUT2D eigenvalue weighted by Crippen LogP contribution is -2.26. The second-order valence-corrected chi connectivity index (χ2v) is 5.61. The Morgan fingerprint density at radius 2 is 1.81 bits per heavy atom. The largest absolute Gasteiger partial charge is 0.497 e. The molecule has 0 aliphatic rings. The van der Waals surface area contributed by atoms with Gasteiger partial charge in [-0.15, -0.1) is 0 Å². The molecule has 0 atom stereocenters. The van der Waals surface area contributed by atoms with Crippen molar-refractivity contribution < 1.29 is 19.0 Å². The van der Waals surface area contributed by atoms with Crippen LogP contribution in [0.5, 0.6) is 17.2 Å². The number of carbonyl (C=O) groups excluding carboxylic acids is 1. The van der Waals surface area contributed by atoms with E-state index >= 15 is 0 Å². The predicted molar refractivity (Wildman–Crippen MR) is 98.2 cm³/mol. The number of aromatic amines is 1. The van der Waals surface area contributed by atoms with Crippen molar-refractivity contribution in [2.45, 2.75) is 6.42 Å². The molecule has 0 aliphatic carbocycles. The molecule has 2 N–H and O–H groups in total. The number of hydrogen-bond acceptors (Lipinski definition) is 5. The Morgan fingerprint density at radius 3 is 2.46 bits per heavy atom. The van der Waals surface area contributed by atoms with E-state index in [1.165, 1.54) is 14.2 Å². The highest BCUT2D eigenvalue weighted by Gasteiger charge is 2.17. The quantitative estimate of drug-likeness (QED) is 0.680. The minimum Gasteiger partial charge on any atom is -0.497 e. The molecule has 0 aliphatic heterocycles. The summed E-state index contributed by atoms with van der Waals surface area (Å²) < 4.78 is 15.7. The minimum atomic E-state index is -0.253. The number of carbonyl (C=O) groups is 1. The number of benzene rings is 2. The lowest BCUT2D eigenvalue weighted by molar-refractivity contribution is 0.0947. The average molecular weight is 355 g/mol. The number of ether oxygens (including phenoxy) is 3. The van der Waals surface area contributed by atoms with Gasteiger partial charge in [-0.25, -0.2) is 4.98 Å². The summed E-state index contributed by atoms with van der Waals surface area (Å²) in [5.74, 6) is 2.25. The maximum atomic E-state index is 12.5. The Morgan fingerprint density at radius 1 is 1.08 bits per heavy atom. The number of nitrogens with one attached hydrogen (secondary N) is 2. The van der Waals surface area contributed by atoms with E-state index in [4.69, 9.17) is 14.2 Å². The predicted octanol–water partition coefficient (Wildman–Crippen LogP) is 2.56. The Labute approximate surface area is 151 Å². The van der Waals surface area contributed by atoms with Gasteiger partial charge in [0.15, 0.2) is 0 Å². The minimum absolute atomic E-state index is 0.253. The molecule has 26 heavy (non-hydrogen) atoms. The third kappa shape index (κ3) is 3.56. The van der Waals surface area contributed by atoms with Gasteiger partial charge in [-0.05, 0) is 24.3 Å². The topological polar surface area (TPSA) is 85.5 Å². The van der Waals surface area contributed by atoms with Crippen molar-refractivity contribution in [3.63, 3.8) is 0 Å². The molecule has 136 valence electrons. The molecule has 0 spiro atoms. The highest BCUT2D eigenvalue weighted by atomic mass is 16.5. The number of methoxy groups -OCH3 is 3. The van der Waals surface area contributed by atoms with Gasteiger partial charge in [-0.2, -0.15) is 0 Å². The van der Waals surface area contributed by atoms with Crippen LogP contribution < -0.4 is 19.5 Å². The fraction of sp³-hybridized carbons (Fsp3) is 0.263. The average Bonchev–Trinajstić information content (AvgIpc) is 3.08. The van der Waals surface area contributed by atoms with Crippen LogP contribution in [0.1, 0.15) is 16.2 Å². The highest BCUT2D eigenvalue weighted by molar-refractivity contribution is 5.99. The van der Waals surface area contributed by atoms with Crippen molar-refractivity contribution in [2.75, 3.05) is 27.9 Å². The summed E-state index contributed by atoms with van der Waals surface area (Å²) in [7, 11) is 4.67. The summed E-state index contributed by atoms with van der Waals surface area (Å²) >= 11 is 0. The molecule has 0 fully saturated rings. The van der Waals surface area contributed by atoms with Crippen molar-refractivity contribution >= 4 is 16.9 Å². The van der Waals surface area contributed by atoms with Crippen LogP contribution in [0, 0.1) is 0 Å². The number of hydrogen-bond donors (Lipinski definition) is 2. The van der Waals surface area contributed by atoms with Crippen LogP contribution in [-0.2, 0) is 6.42 Å². The summed E-state index contributed by atoms with van der Waals surface area (Å²) in [4.78, 5) is 20.3. The molecule has 1 aromatic heterocycles. The molecule has 0 unspecified atom stereocenters. The van der Waals surface area contributed by atoms with Crippen LogP contribution in [0.4, 0.5) is 0 Å². The highest BCUT2D eigenvalue weighted by Crippen LogP contribution is 2.27. The van der Waals surface area contributed by atoms with Crippen molar-refractivity contribution in [3.8, 4) is 17.2 Å². The van der Waals surface area contributed by atoms with Crippen molar-refractivity contribution in [2.24, 2.45) is 0 Å². The number of nitrogens with zero attached hydrogens (tertiary/aromatic N) is 1. The zero-order chi connectivity index (χ0) is 18.5. The van der Waals surface area contributed by atoms with Gasteiger partial charge in [0, 0.05) is 19.0 Å². The molecule has 3 aromatic rings. The van der Waals surface area contributed by atoms with Crippen molar-refractivity contribution in [1.29, 1.82) is 0 Å². The molecule has 2 aromatic carbocycles. The molecule has 7 nitrogen and oxygen atoms in total. The van der Waals surface area contributed by atoms with Gasteiger partial charge in [0.05, 0.1) is 32.4 Å². The van der Waals surface area contributed by atoms with E-state index in [0.717, 1.165) is 22.6 Å². The Bertz CT molecular complexity index is 898. The van der Waals surface area contributed by atoms with Crippen LogP contribution in [0.15, 0.2) is 36.4 Å². The molecule has 3 rings (SSSR count). The summed E-state index contributed by atoms with van der Waals surface area (Å²) in [6.07, 6.45) is 0.570. The maximum Gasteiger partial charge on any atom is 0.258 e. The van der Waals surface area contributed by atoms with Gasteiger partial charge in [0.1, 0.15) is 28.6 Å². The van der Waals surface area contributed by atoms with Gasteiger partial charge in [-0.3, -0.25) is 4.79 Å². The first-order valence-corrected chi connectivity index (χ1v) is 8.18. The lowest BCUT2D eigenvalue weighted by Gasteiger charge is -2.12. The molecule has 0 saturated heterocycles. The monoisotopic (exact) mass is 355 g/mol. The summed E-state index contributed by atoms with van der Waals surface area (Å²) in [5.41, 5.74) is 2.14. The molecule has 7 heteroatoms. The summed E-state index contributed by atoms with van der Waals surface area (Å²) in [6, 6.07) is 10.9. The number of rotatable bonds is 7. The maximum absolute atomic E-state index is 12.5. The van der Waals surface area contributed by atoms with Crippen LogP contribution >= 0.6 is 0 Å². The van der Waals surface area contributed by atoms with Gasteiger partial charge < -0.3 is 24.5 Å². The second kappa shape index (κ2) is 7.77. The smallest absolute Gasteiger partial charge is 0.258 e. The van der Waals surface area contributed by atoms with Crippen molar-refractivity contribution in [3.05, 3.63) is 47.8 Å². The second-order valence-electron chi connectivity index (χ2n) is 5.61. The van der Waals surface area contributed by atoms with Crippen LogP contribution in [0.3, 0.4) is 0 Å². The number of H-pyrrole nitrogens is 1. The summed E-state index contributed by atoms with van der Waals surface area (Å²) in [5, 5.41) is 2.88. The fourth-order valence-electron chi connectivity index (χ4n) is 2.74. The van der Waals surface area contributed by atoms with E-state index in [0.29, 0.717) is 30.0 Å². The Kier molecular flexibility index (Phi) is 5.26. The standard InChI is InChI=1S/C19H21N3O4/c1-24-12-7-8-13-14(11-12)22-17(21-13)9-10-20-19(23)18-15(25-2)5-4-6-16(18)26-3/h4-8,11H,9-10H2,1-3H3,(H,20,23)(H,21,22). The van der Waals surface area contributed by atoms with Gasteiger partial charge in [-0.1, -0.05) is 6.07 Å². The van der Waals surface area contributed by atoms with Crippen LogP contribution in [0.25, 0.3) is 11.0 Å². The first-order valence-electron chi connectivity index (χ1n) is 8.18. The fourth-order valence-corrected chi connectivity index (χ4v) is 2.74. The van der Waals surface area contributed by atoms with E-state index in [1.807, 2.05) is 18.2 Å².